The van der Waals surface area contributed by atoms with Gasteiger partial charge in [-0.15, -0.1) is 0 Å². The van der Waals surface area contributed by atoms with Crippen molar-refractivity contribution >= 4 is 0 Å². The fourth-order valence-electron chi connectivity index (χ4n) is 4.13. The molecule has 1 atom stereocenters. The summed E-state index contributed by atoms with van der Waals surface area (Å²) in [6.07, 6.45) is 4.56. The molecule has 1 aliphatic carbocycles. The van der Waals surface area contributed by atoms with Crippen LogP contribution in [0.3, 0.4) is 0 Å². The van der Waals surface area contributed by atoms with Gasteiger partial charge in [0.2, 0.25) is 0 Å². The summed E-state index contributed by atoms with van der Waals surface area (Å²) >= 11 is 0. The van der Waals surface area contributed by atoms with Gasteiger partial charge < -0.3 is 15.0 Å². The molecule has 3 rings (SSSR count). The molecule has 1 fully saturated rings. The quantitative estimate of drug-likeness (QED) is 0.904. The average Bonchev–Trinajstić information content (AvgIpc) is 2.67. The summed E-state index contributed by atoms with van der Waals surface area (Å²) in [4.78, 5) is 0. The highest BCUT2D eigenvalue weighted by atomic mass is 16.5. The number of rotatable bonds is 2. The maximum atomic E-state index is 6.44. The predicted molar refractivity (Wildman–Crippen MR) is 86.4 cm³/mol. The van der Waals surface area contributed by atoms with Gasteiger partial charge in [0.05, 0.1) is 0 Å². The van der Waals surface area contributed by atoms with Crippen LogP contribution in [0.2, 0.25) is 0 Å². The molecule has 0 radical (unpaired) electrons. The molecule has 0 bridgehead atoms. The normalized spacial score (nSPS) is 27.4. The van der Waals surface area contributed by atoms with Crippen LogP contribution in [0.1, 0.15) is 63.0 Å². The standard InChI is InChI=1S/C18H30N2O/c1-13-9-14-15(19)10-17(2,3)11-16(14)20(13)12-18(4)5-7-21-8-6-18/h9,15H,5-8,10-12,19H2,1-4H3. The minimum absolute atomic E-state index is 0.200. The van der Waals surface area contributed by atoms with E-state index >= 15 is 0 Å². The van der Waals surface area contributed by atoms with Crippen molar-refractivity contribution < 1.29 is 4.74 Å². The Labute approximate surface area is 128 Å². The molecule has 118 valence electrons. The van der Waals surface area contributed by atoms with Crippen molar-refractivity contribution in [1.82, 2.24) is 4.57 Å². The number of nitrogens with two attached hydrogens (primary N) is 1. The minimum atomic E-state index is 0.200. The van der Waals surface area contributed by atoms with Crippen LogP contribution in [0, 0.1) is 17.8 Å². The van der Waals surface area contributed by atoms with E-state index in [1.54, 1.807) is 0 Å². The van der Waals surface area contributed by atoms with Crippen molar-refractivity contribution in [3.63, 3.8) is 0 Å². The van der Waals surface area contributed by atoms with Gasteiger partial charge in [-0.3, -0.25) is 0 Å². The zero-order valence-electron chi connectivity index (χ0n) is 14.0. The maximum Gasteiger partial charge on any atom is 0.0471 e. The highest BCUT2D eigenvalue weighted by molar-refractivity contribution is 5.34. The van der Waals surface area contributed by atoms with Gasteiger partial charge in [-0.05, 0) is 55.1 Å². The molecule has 0 spiro atoms. The molecule has 0 saturated carbocycles. The van der Waals surface area contributed by atoms with E-state index in [2.05, 4.69) is 38.3 Å². The number of aromatic nitrogens is 1. The van der Waals surface area contributed by atoms with Crippen molar-refractivity contribution in [3.05, 3.63) is 23.0 Å². The highest BCUT2D eigenvalue weighted by Gasteiger charge is 2.35. The van der Waals surface area contributed by atoms with E-state index in [1.807, 2.05) is 0 Å². The van der Waals surface area contributed by atoms with Gasteiger partial charge in [-0.25, -0.2) is 0 Å². The first-order valence-corrected chi connectivity index (χ1v) is 8.32. The first-order valence-electron chi connectivity index (χ1n) is 8.32. The molecule has 2 aliphatic rings. The average molecular weight is 290 g/mol. The first kappa shape index (κ1) is 15.1. The zero-order valence-corrected chi connectivity index (χ0v) is 14.0. The lowest BCUT2D eigenvalue weighted by molar-refractivity contribution is 0.0147. The monoisotopic (exact) mass is 290 g/mol. The largest absolute Gasteiger partial charge is 0.381 e. The molecule has 0 amide bonds. The summed E-state index contributed by atoms with van der Waals surface area (Å²) < 4.78 is 8.10. The molecule has 0 aromatic carbocycles. The van der Waals surface area contributed by atoms with Crippen LogP contribution in [0.5, 0.6) is 0 Å². The summed E-state index contributed by atoms with van der Waals surface area (Å²) in [5.74, 6) is 0. The van der Waals surface area contributed by atoms with Crippen LogP contribution in [-0.4, -0.2) is 17.8 Å². The Morgan fingerprint density at radius 1 is 1.29 bits per heavy atom. The summed E-state index contributed by atoms with van der Waals surface area (Å²) in [5.41, 5.74) is 11.4. The van der Waals surface area contributed by atoms with Gasteiger partial charge in [-0.1, -0.05) is 20.8 Å². The van der Waals surface area contributed by atoms with Crippen LogP contribution in [0.25, 0.3) is 0 Å². The molecule has 1 aliphatic heterocycles. The fraction of sp³-hybridized carbons (Fsp3) is 0.778. The van der Waals surface area contributed by atoms with Crippen molar-refractivity contribution in [2.24, 2.45) is 16.6 Å². The highest BCUT2D eigenvalue weighted by Crippen LogP contribution is 2.42. The van der Waals surface area contributed by atoms with Gasteiger partial charge in [0.25, 0.3) is 0 Å². The molecule has 1 aromatic rings. The third kappa shape index (κ3) is 2.91. The van der Waals surface area contributed by atoms with E-state index in [0.29, 0.717) is 10.8 Å². The molecule has 3 heteroatoms. The fourth-order valence-corrected chi connectivity index (χ4v) is 4.13. The molecule has 2 heterocycles. The summed E-state index contributed by atoms with van der Waals surface area (Å²) in [6.45, 7) is 12.3. The molecular formula is C18H30N2O. The lowest BCUT2D eigenvalue weighted by Gasteiger charge is -2.38. The molecule has 3 nitrogen and oxygen atoms in total. The maximum absolute atomic E-state index is 6.44. The Morgan fingerprint density at radius 3 is 2.62 bits per heavy atom. The van der Waals surface area contributed by atoms with Gasteiger partial charge in [0.1, 0.15) is 0 Å². The van der Waals surface area contributed by atoms with E-state index in [4.69, 9.17) is 10.5 Å². The first-order chi connectivity index (χ1) is 9.80. The molecule has 2 N–H and O–H groups in total. The number of nitrogens with zero attached hydrogens (tertiary/aromatic N) is 1. The molecule has 1 unspecified atom stereocenters. The van der Waals surface area contributed by atoms with E-state index in [-0.39, 0.29) is 6.04 Å². The van der Waals surface area contributed by atoms with Crippen LogP contribution >= 0.6 is 0 Å². The van der Waals surface area contributed by atoms with Crippen molar-refractivity contribution in [2.45, 2.75) is 66.0 Å². The van der Waals surface area contributed by atoms with Crippen LogP contribution < -0.4 is 5.73 Å². The number of hydrogen-bond acceptors (Lipinski definition) is 2. The Kier molecular flexibility index (Phi) is 3.69. The van der Waals surface area contributed by atoms with Crippen LogP contribution in [0.4, 0.5) is 0 Å². The van der Waals surface area contributed by atoms with Gasteiger partial charge in [-0.2, -0.15) is 0 Å². The zero-order chi connectivity index (χ0) is 15.3. The molecule has 1 saturated heterocycles. The number of fused-ring (bicyclic) bond motifs is 1. The Bertz CT molecular complexity index is 524. The lowest BCUT2D eigenvalue weighted by Crippen LogP contribution is -2.34. The molecule has 21 heavy (non-hydrogen) atoms. The molecule has 1 aromatic heterocycles. The minimum Gasteiger partial charge on any atom is -0.381 e. The van der Waals surface area contributed by atoms with E-state index in [9.17, 15) is 0 Å². The third-order valence-electron chi connectivity index (χ3n) is 5.51. The number of ether oxygens (including phenoxy) is 1. The topological polar surface area (TPSA) is 40.2 Å². The summed E-state index contributed by atoms with van der Waals surface area (Å²) in [5, 5.41) is 0. The molecular weight excluding hydrogens is 260 g/mol. The lowest BCUT2D eigenvalue weighted by atomic mass is 9.74. The smallest absolute Gasteiger partial charge is 0.0471 e. The number of hydrogen-bond donors (Lipinski definition) is 1. The van der Waals surface area contributed by atoms with Crippen LogP contribution in [0.15, 0.2) is 6.07 Å². The van der Waals surface area contributed by atoms with Crippen LogP contribution in [-0.2, 0) is 17.7 Å². The van der Waals surface area contributed by atoms with Crippen molar-refractivity contribution in [2.75, 3.05) is 13.2 Å². The number of aryl methyl sites for hydroxylation is 1. The SMILES string of the molecule is Cc1cc2c(n1CC1(C)CCOCC1)CC(C)(C)CC2N. The third-order valence-corrected chi connectivity index (χ3v) is 5.51. The van der Waals surface area contributed by atoms with E-state index in [0.717, 1.165) is 45.4 Å². The summed E-state index contributed by atoms with van der Waals surface area (Å²) in [7, 11) is 0. The Hall–Kier alpha value is -0.800. The van der Waals surface area contributed by atoms with Gasteiger partial charge in [0, 0.05) is 37.2 Å². The summed E-state index contributed by atoms with van der Waals surface area (Å²) in [6, 6.07) is 2.53. The van der Waals surface area contributed by atoms with E-state index < -0.39 is 0 Å². The second kappa shape index (κ2) is 5.13. The Morgan fingerprint density at radius 2 is 1.95 bits per heavy atom. The van der Waals surface area contributed by atoms with Gasteiger partial charge in [0.15, 0.2) is 0 Å². The van der Waals surface area contributed by atoms with Crippen molar-refractivity contribution in [1.29, 1.82) is 0 Å². The van der Waals surface area contributed by atoms with E-state index in [1.165, 1.54) is 17.0 Å². The Balaban J connectivity index is 1.93. The predicted octanol–water partition coefficient (Wildman–Crippen LogP) is 3.59. The van der Waals surface area contributed by atoms with Crippen molar-refractivity contribution in [3.8, 4) is 0 Å². The second-order valence-electron chi connectivity index (χ2n) is 8.35. The second-order valence-corrected chi connectivity index (χ2v) is 8.35. The van der Waals surface area contributed by atoms with Gasteiger partial charge >= 0.3 is 0 Å².